The van der Waals surface area contributed by atoms with E-state index in [4.69, 9.17) is 0 Å². The Labute approximate surface area is 95.1 Å². The summed E-state index contributed by atoms with van der Waals surface area (Å²) in [7, 11) is 1.37. The third-order valence-corrected chi connectivity index (χ3v) is 3.22. The first-order valence-corrected chi connectivity index (χ1v) is 5.61. The van der Waals surface area contributed by atoms with Gasteiger partial charge in [-0.3, -0.25) is 4.40 Å². The Bertz CT molecular complexity index is 683. The highest BCUT2D eigenvalue weighted by Crippen LogP contribution is 2.21. The van der Waals surface area contributed by atoms with Crippen LogP contribution in [0.4, 0.5) is 0 Å². The summed E-state index contributed by atoms with van der Waals surface area (Å²) < 4.78 is 6.67. The molecule has 0 fully saturated rings. The van der Waals surface area contributed by atoms with Crippen molar-refractivity contribution in [3.05, 3.63) is 35.3 Å². The lowest BCUT2D eigenvalue weighted by molar-refractivity contribution is 0.0601. The molecular formula is C11H8N2O2S. The molecule has 0 radical (unpaired) electrons. The molecule has 80 valence electrons. The predicted molar refractivity (Wildman–Crippen MR) is 61.9 cm³/mol. The van der Waals surface area contributed by atoms with Gasteiger partial charge in [0, 0.05) is 11.6 Å². The largest absolute Gasteiger partial charge is 0.465 e. The van der Waals surface area contributed by atoms with Gasteiger partial charge in [0.1, 0.15) is 0 Å². The summed E-state index contributed by atoms with van der Waals surface area (Å²) in [6.45, 7) is 0. The third-order valence-electron chi connectivity index (χ3n) is 2.46. The van der Waals surface area contributed by atoms with Gasteiger partial charge in [0.15, 0.2) is 4.96 Å². The third kappa shape index (κ3) is 1.22. The molecule has 0 aliphatic rings. The first-order chi connectivity index (χ1) is 7.79. The summed E-state index contributed by atoms with van der Waals surface area (Å²) in [4.78, 5) is 16.7. The molecular weight excluding hydrogens is 224 g/mol. The van der Waals surface area contributed by atoms with Crippen molar-refractivity contribution in [2.45, 2.75) is 0 Å². The quantitative estimate of drug-likeness (QED) is 0.605. The smallest absolute Gasteiger partial charge is 0.337 e. The van der Waals surface area contributed by atoms with Gasteiger partial charge in [0.25, 0.3) is 0 Å². The van der Waals surface area contributed by atoms with Crippen LogP contribution in [-0.4, -0.2) is 22.5 Å². The zero-order valence-electron chi connectivity index (χ0n) is 8.51. The van der Waals surface area contributed by atoms with Crippen LogP contribution in [0.1, 0.15) is 10.4 Å². The molecule has 0 saturated heterocycles. The molecule has 3 aromatic rings. The molecule has 0 saturated carbocycles. The second kappa shape index (κ2) is 3.31. The van der Waals surface area contributed by atoms with E-state index >= 15 is 0 Å². The maximum Gasteiger partial charge on any atom is 0.337 e. The van der Waals surface area contributed by atoms with Crippen molar-refractivity contribution in [1.29, 1.82) is 0 Å². The monoisotopic (exact) mass is 232 g/mol. The SMILES string of the molecule is COC(=O)c1ccc2c(c1)nc1sccn12. The average Bonchev–Trinajstić information content (AvgIpc) is 2.86. The van der Waals surface area contributed by atoms with Gasteiger partial charge in [-0.2, -0.15) is 0 Å². The van der Waals surface area contributed by atoms with E-state index in [1.165, 1.54) is 7.11 Å². The van der Waals surface area contributed by atoms with E-state index in [0.29, 0.717) is 5.56 Å². The topological polar surface area (TPSA) is 43.6 Å². The Morgan fingerprint density at radius 3 is 3.19 bits per heavy atom. The van der Waals surface area contributed by atoms with Crippen LogP contribution in [0.25, 0.3) is 16.0 Å². The lowest BCUT2D eigenvalue weighted by atomic mass is 10.2. The number of ether oxygens (including phenoxy) is 1. The molecule has 16 heavy (non-hydrogen) atoms. The normalized spacial score (nSPS) is 11.1. The number of nitrogens with zero attached hydrogens (tertiary/aromatic N) is 2. The maximum absolute atomic E-state index is 11.4. The van der Waals surface area contributed by atoms with Crippen LogP contribution in [-0.2, 0) is 4.74 Å². The van der Waals surface area contributed by atoms with Crippen molar-refractivity contribution >= 4 is 33.3 Å². The van der Waals surface area contributed by atoms with E-state index in [2.05, 4.69) is 9.72 Å². The van der Waals surface area contributed by atoms with Crippen molar-refractivity contribution in [3.63, 3.8) is 0 Å². The summed E-state index contributed by atoms with van der Waals surface area (Å²) >= 11 is 1.57. The van der Waals surface area contributed by atoms with E-state index in [-0.39, 0.29) is 5.97 Å². The minimum atomic E-state index is -0.335. The van der Waals surface area contributed by atoms with Crippen molar-refractivity contribution in [1.82, 2.24) is 9.38 Å². The average molecular weight is 232 g/mol. The predicted octanol–water partition coefficient (Wildman–Crippen LogP) is 2.34. The Hall–Kier alpha value is -1.88. The van der Waals surface area contributed by atoms with Gasteiger partial charge in [0.05, 0.1) is 23.7 Å². The highest BCUT2D eigenvalue weighted by atomic mass is 32.1. The van der Waals surface area contributed by atoms with Crippen LogP contribution < -0.4 is 0 Å². The van der Waals surface area contributed by atoms with Crippen LogP contribution in [0.5, 0.6) is 0 Å². The molecule has 0 unspecified atom stereocenters. The molecule has 0 amide bonds. The molecule has 0 bridgehead atoms. The molecule has 0 atom stereocenters. The fourth-order valence-corrected chi connectivity index (χ4v) is 2.43. The van der Waals surface area contributed by atoms with Gasteiger partial charge in [0.2, 0.25) is 0 Å². The van der Waals surface area contributed by atoms with Crippen molar-refractivity contribution in [2.24, 2.45) is 0 Å². The van der Waals surface area contributed by atoms with Crippen LogP contribution in [0, 0.1) is 0 Å². The van der Waals surface area contributed by atoms with E-state index in [9.17, 15) is 4.79 Å². The first kappa shape index (κ1) is 9.35. The van der Waals surface area contributed by atoms with Gasteiger partial charge in [-0.05, 0) is 18.2 Å². The van der Waals surface area contributed by atoms with Crippen molar-refractivity contribution in [2.75, 3.05) is 7.11 Å². The molecule has 0 N–H and O–H groups in total. The van der Waals surface area contributed by atoms with Gasteiger partial charge in [-0.15, -0.1) is 11.3 Å². The van der Waals surface area contributed by atoms with Crippen molar-refractivity contribution < 1.29 is 9.53 Å². The maximum atomic E-state index is 11.4. The first-order valence-electron chi connectivity index (χ1n) is 4.73. The Balaban J connectivity index is 2.28. The van der Waals surface area contributed by atoms with Gasteiger partial charge in [-0.25, -0.2) is 9.78 Å². The van der Waals surface area contributed by atoms with E-state index in [1.807, 2.05) is 22.0 Å². The van der Waals surface area contributed by atoms with Crippen LogP contribution >= 0.6 is 11.3 Å². The molecule has 5 heteroatoms. The minimum absolute atomic E-state index is 0.335. The number of carbonyl (C=O) groups excluding carboxylic acids is 1. The number of rotatable bonds is 1. The number of benzene rings is 1. The van der Waals surface area contributed by atoms with E-state index in [0.717, 1.165) is 16.0 Å². The Morgan fingerprint density at radius 1 is 1.50 bits per heavy atom. The number of aromatic nitrogens is 2. The van der Waals surface area contributed by atoms with E-state index < -0.39 is 0 Å². The second-order valence-electron chi connectivity index (χ2n) is 3.36. The van der Waals surface area contributed by atoms with Crippen LogP contribution in [0.2, 0.25) is 0 Å². The number of thiazole rings is 1. The van der Waals surface area contributed by atoms with Crippen molar-refractivity contribution in [3.8, 4) is 0 Å². The summed E-state index contributed by atoms with van der Waals surface area (Å²) in [5.74, 6) is -0.335. The molecule has 2 heterocycles. The Kier molecular flexibility index (Phi) is 1.94. The number of fused-ring (bicyclic) bond motifs is 3. The molecule has 4 nitrogen and oxygen atoms in total. The number of esters is 1. The van der Waals surface area contributed by atoms with Gasteiger partial charge in [-0.1, -0.05) is 0 Å². The van der Waals surface area contributed by atoms with E-state index in [1.54, 1.807) is 23.5 Å². The number of hydrogen-bond acceptors (Lipinski definition) is 4. The minimum Gasteiger partial charge on any atom is -0.465 e. The highest BCUT2D eigenvalue weighted by molar-refractivity contribution is 7.15. The molecule has 0 aliphatic carbocycles. The number of hydrogen-bond donors (Lipinski definition) is 0. The van der Waals surface area contributed by atoms with Gasteiger partial charge < -0.3 is 4.74 Å². The molecule has 3 rings (SSSR count). The lowest BCUT2D eigenvalue weighted by Gasteiger charge is -1.98. The number of carbonyl (C=O) groups is 1. The lowest BCUT2D eigenvalue weighted by Crippen LogP contribution is -2.00. The van der Waals surface area contributed by atoms with Gasteiger partial charge >= 0.3 is 5.97 Å². The van der Waals surface area contributed by atoms with Crippen LogP contribution in [0.15, 0.2) is 29.8 Å². The fourth-order valence-electron chi connectivity index (χ4n) is 1.70. The second-order valence-corrected chi connectivity index (χ2v) is 4.24. The molecule has 0 aliphatic heterocycles. The number of imidazole rings is 1. The summed E-state index contributed by atoms with van der Waals surface area (Å²) in [6, 6.07) is 5.38. The molecule has 0 spiro atoms. The standard InChI is InChI=1S/C11H8N2O2S/c1-15-10(14)7-2-3-9-8(6-7)12-11-13(9)4-5-16-11/h2-6H,1H3. The zero-order valence-corrected chi connectivity index (χ0v) is 9.32. The summed E-state index contributed by atoms with van der Waals surface area (Å²) in [5.41, 5.74) is 2.35. The number of methoxy groups -OCH3 is 1. The highest BCUT2D eigenvalue weighted by Gasteiger charge is 2.10. The molecule has 2 aromatic heterocycles. The summed E-state index contributed by atoms with van der Waals surface area (Å²) in [6.07, 6.45) is 1.97. The summed E-state index contributed by atoms with van der Waals surface area (Å²) in [5, 5.41) is 1.98. The fraction of sp³-hybridized carbons (Fsp3) is 0.0909. The van der Waals surface area contributed by atoms with Crippen LogP contribution in [0.3, 0.4) is 0 Å². The zero-order chi connectivity index (χ0) is 11.1. The Morgan fingerprint density at radius 2 is 2.38 bits per heavy atom. The molecule has 1 aromatic carbocycles.